The maximum Gasteiger partial charge on any atom is 0.312 e. The first-order valence-electron chi connectivity index (χ1n) is 8.90. The first kappa shape index (κ1) is 16.0. The minimum atomic E-state index is -0.429. The Kier molecular flexibility index (Phi) is 4.11. The van der Waals surface area contributed by atoms with Crippen LogP contribution in [0.4, 0.5) is 0 Å². The smallest absolute Gasteiger partial charge is 0.312 e. The van der Waals surface area contributed by atoms with Crippen molar-refractivity contribution in [2.45, 2.75) is 31.7 Å². The van der Waals surface area contributed by atoms with Gasteiger partial charge >= 0.3 is 11.8 Å². The predicted molar refractivity (Wildman–Crippen MR) is 92.8 cm³/mol. The van der Waals surface area contributed by atoms with Crippen LogP contribution >= 0.6 is 0 Å². The van der Waals surface area contributed by atoms with Gasteiger partial charge in [0.2, 0.25) is 0 Å². The minimum Gasteiger partial charge on any atom is -0.330 e. The number of hydrogen-bond donors (Lipinski definition) is 0. The summed E-state index contributed by atoms with van der Waals surface area (Å²) in [4.78, 5) is 44.0. The molecule has 6 heteroatoms. The van der Waals surface area contributed by atoms with Crippen LogP contribution in [0.5, 0.6) is 0 Å². The van der Waals surface area contributed by atoms with Gasteiger partial charge in [-0.1, -0.05) is 31.1 Å². The number of aliphatic imine (C=N–C) groups is 1. The zero-order valence-electron chi connectivity index (χ0n) is 14.1. The molecule has 1 atom stereocenters. The molecule has 0 aromatic rings. The van der Waals surface area contributed by atoms with E-state index >= 15 is 0 Å². The summed E-state index contributed by atoms with van der Waals surface area (Å²) < 4.78 is 0. The minimum absolute atomic E-state index is 0.187. The van der Waals surface area contributed by atoms with Crippen LogP contribution in [0, 0.1) is 5.92 Å². The SMILES string of the molecule is O=C1N=CC=C2C=CC(CN3CCN(C4CCCC4)C(=O)C3=O)=CC12. The fraction of sp³-hybridized carbons (Fsp3) is 0.474. The van der Waals surface area contributed by atoms with E-state index in [1.807, 2.05) is 24.3 Å². The molecule has 4 aliphatic rings. The Morgan fingerprint density at radius 1 is 1.04 bits per heavy atom. The molecule has 2 fully saturated rings. The lowest BCUT2D eigenvalue weighted by atomic mass is 9.89. The van der Waals surface area contributed by atoms with Crippen molar-refractivity contribution in [2.75, 3.05) is 19.6 Å². The molecule has 1 saturated heterocycles. The summed E-state index contributed by atoms with van der Waals surface area (Å²) in [7, 11) is 0. The first-order chi connectivity index (χ1) is 12.1. The van der Waals surface area contributed by atoms with Gasteiger partial charge in [-0.2, -0.15) is 0 Å². The molecule has 0 bridgehead atoms. The number of nitrogens with zero attached hydrogens (tertiary/aromatic N) is 3. The van der Waals surface area contributed by atoms with E-state index in [0.717, 1.165) is 36.8 Å². The summed E-state index contributed by atoms with van der Waals surface area (Å²) in [5, 5.41) is 0. The highest BCUT2D eigenvalue weighted by Crippen LogP contribution is 2.28. The molecule has 0 N–H and O–H groups in total. The highest BCUT2D eigenvalue weighted by molar-refractivity contribution is 6.35. The third kappa shape index (κ3) is 2.97. The largest absolute Gasteiger partial charge is 0.330 e. The van der Waals surface area contributed by atoms with Gasteiger partial charge in [-0.15, -0.1) is 0 Å². The predicted octanol–water partition coefficient (Wildman–Crippen LogP) is 1.25. The molecule has 4 rings (SSSR count). The van der Waals surface area contributed by atoms with Crippen molar-refractivity contribution in [3.63, 3.8) is 0 Å². The Balaban J connectivity index is 1.44. The van der Waals surface area contributed by atoms with E-state index in [2.05, 4.69) is 4.99 Å². The number of carbonyl (C=O) groups is 3. The number of fused-ring (bicyclic) bond motifs is 1. The number of rotatable bonds is 3. The summed E-state index contributed by atoms with van der Waals surface area (Å²) in [6.07, 6.45) is 13.3. The molecule has 0 aromatic carbocycles. The summed E-state index contributed by atoms with van der Waals surface area (Å²) in [6.45, 7) is 1.51. The molecular formula is C19H21N3O3. The number of hydrogen-bond acceptors (Lipinski definition) is 3. The van der Waals surface area contributed by atoms with Crippen LogP contribution in [0.25, 0.3) is 0 Å². The summed E-state index contributed by atoms with van der Waals surface area (Å²) in [5.41, 5.74) is 1.79. The van der Waals surface area contributed by atoms with Crippen molar-refractivity contribution in [1.82, 2.24) is 9.80 Å². The summed E-state index contributed by atoms with van der Waals surface area (Å²) >= 11 is 0. The van der Waals surface area contributed by atoms with E-state index in [-0.39, 0.29) is 23.8 Å². The molecule has 2 heterocycles. The van der Waals surface area contributed by atoms with Crippen LogP contribution in [0.15, 0.2) is 40.4 Å². The lowest BCUT2D eigenvalue weighted by Gasteiger charge is -2.37. The number of dihydropyridines is 1. The lowest BCUT2D eigenvalue weighted by molar-refractivity contribution is -0.157. The van der Waals surface area contributed by atoms with Gasteiger partial charge in [0.25, 0.3) is 5.91 Å². The summed E-state index contributed by atoms with van der Waals surface area (Å²) in [6, 6.07) is 0.234. The van der Waals surface area contributed by atoms with Crippen LogP contribution in [0.1, 0.15) is 25.7 Å². The molecule has 1 unspecified atom stereocenters. The van der Waals surface area contributed by atoms with E-state index in [9.17, 15) is 14.4 Å². The number of amides is 3. The van der Waals surface area contributed by atoms with Gasteiger partial charge in [0.05, 0.1) is 5.92 Å². The van der Waals surface area contributed by atoms with E-state index in [1.165, 1.54) is 6.21 Å². The van der Waals surface area contributed by atoms with Crippen LogP contribution in [-0.2, 0) is 14.4 Å². The Labute approximate surface area is 146 Å². The zero-order valence-corrected chi connectivity index (χ0v) is 14.1. The molecule has 2 aliphatic heterocycles. The fourth-order valence-electron chi connectivity index (χ4n) is 4.05. The van der Waals surface area contributed by atoms with Crippen LogP contribution in [0.3, 0.4) is 0 Å². The van der Waals surface area contributed by atoms with Crippen LogP contribution in [-0.4, -0.2) is 59.4 Å². The average Bonchev–Trinajstić information content (AvgIpc) is 3.14. The number of piperazine rings is 1. The van der Waals surface area contributed by atoms with Crippen molar-refractivity contribution >= 4 is 23.9 Å². The molecule has 0 aromatic heterocycles. The summed E-state index contributed by atoms with van der Waals surface area (Å²) in [5.74, 6) is -1.36. The Morgan fingerprint density at radius 3 is 2.64 bits per heavy atom. The fourth-order valence-corrected chi connectivity index (χ4v) is 4.05. The van der Waals surface area contributed by atoms with Crippen molar-refractivity contribution in [3.05, 3.63) is 35.5 Å². The van der Waals surface area contributed by atoms with E-state index in [4.69, 9.17) is 0 Å². The molecule has 25 heavy (non-hydrogen) atoms. The lowest BCUT2D eigenvalue weighted by Crippen LogP contribution is -2.57. The normalized spacial score (nSPS) is 26.9. The van der Waals surface area contributed by atoms with Gasteiger partial charge in [0, 0.05) is 31.9 Å². The molecule has 0 spiro atoms. The molecule has 1 saturated carbocycles. The van der Waals surface area contributed by atoms with Gasteiger partial charge in [-0.25, -0.2) is 4.99 Å². The Bertz CT molecular complexity index is 741. The van der Waals surface area contributed by atoms with Gasteiger partial charge in [0.15, 0.2) is 0 Å². The molecule has 0 radical (unpaired) electrons. The molecule has 130 valence electrons. The second kappa shape index (κ2) is 6.43. The topological polar surface area (TPSA) is 70.1 Å². The van der Waals surface area contributed by atoms with Gasteiger partial charge in [-0.3, -0.25) is 14.4 Å². The van der Waals surface area contributed by atoms with Crippen molar-refractivity contribution in [2.24, 2.45) is 10.9 Å². The average molecular weight is 339 g/mol. The second-order valence-electron chi connectivity index (χ2n) is 7.00. The van der Waals surface area contributed by atoms with Gasteiger partial charge in [-0.05, 0) is 30.1 Å². The zero-order chi connectivity index (χ0) is 17.4. The van der Waals surface area contributed by atoms with E-state index in [0.29, 0.717) is 19.6 Å². The first-order valence-corrected chi connectivity index (χ1v) is 8.90. The van der Waals surface area contributed by atoms with Crippen molar-refractivity contribution in [1.29, 1.82) is 0 Å². The third-order valence-electron chi connectivity index (χ3n) is 5.45. The van der Waals surface area contributed by atoms with Crippen molar-refractivity contribution < 1.29 is 14.4 Å². The second-order valence-corrected chi connectivity index (χ2v) is 7.00. The molecule has 3 amide bonds. The standard InChI is InChI=1S/C19H21N3O3/c23-17-16-11-13(5-6-14(16)7-8-20-17)12-21-9-10-22(19(25)18(21)24)15-3-1-2-4-15/h5-8,11,15-16H,1-4,9-10,12H2. The maximum atomic E-state index is 12.5. The highest BCUT2D eigenvalue weighted by atomic mass is 16.2. The van der Waals surface area contributed by atoms with Crippen LogP contribution in [0.2, 0.25) is 0 Å². The Hall–Kier alpha value is -2.50. The van der Waals surface area contributed by atoms with E-state index in [1.54, 1.807) is 9.80 Å². The number of allylic oxidation sites excluding steroid dienone is 2. The Morgan fingerprint density at radius 2 is 1.84 bits per heavy atom. The van der Waals surface area contributed by atoms with Crippen LogP contribution < -0.4 is 0 Å². The third-order valence-corrected chi connectivity index (χ3v) is 5.45. The van der Waals surface area contributed by atoms with Crippen molar-refractivity contribution in [3.8, 4) is 0 Å². The highest BCUT2D eigenvalue weighted by Gasteiger charge is 2.37. The molecule has 6 nitrogen and oxygen atoms in total. The van der Waals surface area contributed by atoms with Gasteiger partial charge in [0.1, 0.15) is 0 Å². The van der Waals surface area contributed by atoms with Gasteiger partial charge < -0.3 is 9.80 Å². The monoisotopic (exact) mass is 339 g/mol. The molecular weight excluding hydrogens is 318 g/mol. The quantitative estimate of drug-likeness (QED) is 0.727. The number of carbonyl (C=O) groups excluding carboxylic acids is 3. The van der Waals surface area contributed by atoms with E-state index < -0.39 is 5.91 Å². The maximum absolute atomic E-state index is 12.5. The molecule has 2 aliphatic carbocycles.